The summed E-state index contributed by atoms with van der Waals surface area (Å²) >= 11 is 0. The lowest BCUT2D eigenvalue weighted by Gasteiger charge is -2.05. The summed E-state index contributed by atoms with van der Waals surface area (Å²) in [4.78, 5) is 16.2. The van der Waals surface area contributed by atoms with Crippen LogP contribution >= 0.6 is 0 Å². The summed E-state index contributed by atoms with van der Waals surface area (Å²) in [5.41, 5.74) is 1.80. The number of aryl methyl sites for hydroxylation is 1. The second-order valence-corrected chi connectivity index (χ2v) is 5.95. The van der Waals surface area contributed by atoms with Crippen LogP contribution in [0.5, 0.6) is 11.5 Å². The number of anilines is 1. The number of benzene rings is 2. The van der Waals surface area contributed by atoms with Gasteiger partial charge in [0, 0.05) is 5.56 Å². The van der Waals surface area contributed by atoms with E-state index in [1.165, 1.54) is 0 Å². The van der Waals surface area contributed by atoms with Crippen LogP contribution in [-0.4, -0.2) is 29.3 Å². The maximum Gasteiger partial charge on any atom is 0.270 e. The standard InChI is InChI=1S/C20H21N3O4/c1-3-11-25-16-9-7-15(8-10-16)19-22-20(23-27-19)21-18(24)13-26-17-6-4-5-14(2)12-17/h4-10,12H,3,11,13H2,1-2H3,(H,21,23,24). The molecule has 0 atom stereocenters. The highest BCUT2D eigenvalue weighted by atomic mass is 16.5. The van der Waals surface area contributed by atoms with E-state index in [1.54, 1.807) is 6.07 Å². The molecule has 0 aliphatic heterocycles. The van der Waals surface area contributed by atoms with Crippen molar-refractivity contribution >= 4 is 11.9 Å². The molecule has 1 aromatic heterocycles. The van der Waals surface area contributed by atoms with Crippen LogP contribution in [0.4, 0.5) is 5.95 Å². The molecule has 0 fully saturated rings. The molecule has 7 heteroatoms. The zero-order valence-electron chi connectivity index (χ0n) is 15.3. The fourth-order valence-corrected chi connectivity index (χ4v) is 2.32. The molecule has 0 aliphatic carbocycles. The molecule has 1 N–H and O–H groups in total. The van der Waals surface area contributed by atoms with Crippen LogP contribution < -0.4 is 14.8 Å². The third-order valence-corrected chi connectivity index (χ3v) is 3.61. The molecule has 0 aliphatic rings. The molecular formula is C20H21N3O4. The first-order chi connectivity index (χ1) is 13.1. The van der Waals surface area contributed by atoms with Crippen LogP contribution in [0.25, 0.3) is 11.5 Å². The molecule has 0 saturated heterocycles. The molecule has 0 saturated carbocycles. The van der Waals surface area contributed by atoms with Crippen molar-refractivity contribution in [1.82, 2.24) is 10.1 Å². The molecule has 27 heavy (non-hydrogen) atoms. The van der Waals surface area contributed by atoms with Gasteiger partial charge in [-0.25, -0.2) is 0 Å². The number of carbonyl (C=O) groups is 1. The predicted octanol–water partition coefficient (Wildman–Crippen LogP) is 3.85. The van der Waals surface area contributed by atoms with E-state index in [2.05, 4.69) is 22.4 Å². The highest BCUT2D eigenvalue weighted by Crippen LogP contribution is 2.22. The summed E-state index contributed by atoms with van der Waals surface area (Å²) in [6.07, 6.45) is 0.946. The SMILES string of the molecule is CCCOc1ccc(-c2nc(NC(=O)COc3cccc(C)c3)no2)cc1. The number of hydrogen-bond donors (Lipinski definition) is 1. The van der Waals surface area contributed by atoms with Crippen molar-refractivity contribution in [2.75, 3.05) is 18.5 Å². The zero-order chi connectivity index (χ0) is 19.1. The molecule has 0 spiro atoms. The van der Waals surface area contributed by atoms with Crippen LogP contribution in [0.1, 0.15) is 18.9 Å². The number of amides is 1. The summed E-state index contributed by atoms with van der Waals surface area (Å²) in [5.74, 6) is 1.44. The van der Waals surface area contributed by atoms with Crippen LogP contribution in [0.2, 0.25) is 0 Å². The van der Waals surface area contributed by atoms with Crippen molar-refractivity contribution in [3.05, 3.63) is 54.1 Å². The Hall–Kier alpha value is -3.35. The number of aromatic nitrogens is 2. The lowest BCUT2D eigenvalue weighted by atomic mass is 10.2. The van der Waals surface area contributed by atoms with Crippen molar-refractivity contribution in [3.8, 4) is 23.0 Å². The Morgan fingerprint density at radius 1 is 1.11 bits per heavy atom. The average Bonchev–Trinajstić information content (AvgIpc) is 3.13. The Labute approximate surface area is 157 Å². The van der Waals surface area contributed by atoms with Crippen molar-refractivity contribution in [2.24, 2.45) is 0 Å². The minimum absolute atomic E-state index is 0.0918. The third-order valence-electron chi connectivity index (χ3n) is 3.61. The second-order valence-electron chi connectivity index (χ2n) is 5.95. The summed E-state index contributed by atoms with van der Waals surface area (Å²) in [6, 6.07) is 14.8. The fraction of sp³-hybridized carbons (Fsp3) is 0.250. The minimum Gasteiger partial charge on any atom is -0.494 e. The van der Waals surface area contributed by atoms with Gasteiger partial charge in [-0.15, -0.1) is 0 Å². The maximum absolute atomic E-state index is 12.0. The van der Waals surface area contributed by atoms with E-state index >= 15 is 0 Å². The van der Waals surface area contributed by atoms with Crippen molar-refractivity contribution < 1.29 is 18.8 Å². The highest BCUT2D eigenvalue weighted by molar-refractivity contribution is 5.90. The highest BCUT2D eigenvalue weighted by Gasteiger charge is 2.12. The normalized spacial score (nSPS) is 10.4. The maximum atomic E-state index is 12.0. The molecule has 3 aromatic rings. The molecule has 2 aromatic carbocycles. The first-order valence-corrected chi connectivity index (χ1v) is 8.70. The van der Waals surface area contributed by atoms with Gasteiger partial charge in [-0.2, -0.15) is 4.98 Å². The van der Waals surface area contributed by atoms with E-state index in [4.69, 9.17) is 14.0 Å². The van der Waals surface area contributed by atoms with Gasteiger partial charge in [-0.05, 0) is 60.5 Å². The Bertz CT molecular complexity index is 890. The number of carbonyl (C=O) groups excluding carboxylic acids is 1. The predicted molar refractivity (Wildman–Crippen MR) is 101 cm³/mol. The molecule has 7 nitrogen and oxygen atoms in total. The van der Waals surface area contributed by atoms with E-state index in [9.17, 15) is 4.79 Å². The molecule has 1 amide bonds. The van der Waals surface area contributed by atoms with E-state index in [1.807, 2.05) is 49.4 Å². The van der Waals surface area contributed by atoms with E-state index < -0.39 is 0 Å². The Kier molecular flexibility index (Phi) is 6.04. The quantitative estimate of drug-likeness (QED) is 0.651. The van der Waals surface area contributed by atoms with E-state index in [0.717, 1.165) is 23.3 Å². The summed E-state index contributed by atoms with van der Waals surface area (Å²) in [5, 5.41) is 6.32. The van der Waals surface area contributed by atoms with Gasteiger partial charge in [-0.3, -0.25) is 10.1 Å². The lowest BCUT2D eigenvalue weighted by molar-refractivity contribution is -0.118. The molecule has 0 unspecified atom stereocenters. The van der Waals surface area contributed by atoms with Gasteiger partial charge in [-0.1, -0.05) is 19.1 Å². The van der Waals surface area contributed by atoms with Gasteiger partial charge in [0.1, 0.15) is 11.5 Å². The number of nitrogens with zero attached hydrogens (tertiary/aromatic N) is 2. The molecule has 3 rings (SSSR count). The Morgan fingerprint density at radius 2 is 1.93 bits per heavy atom. The third kappa shape index (κ3) is 5.31. The van der Waals surface area contributed by atoms with Crippen molar-refractivity contribution in [1.29, 1.82) is 0 Å². The van der Waals surface area contributed by atoms with Gasteiger partial charge < -0.3 is 14.0 Å². The van der Waals surface area contributed by atoms with E-state index in [-0.39, 0.29) is 18.5 Å². The van der Waals surface area contributed by atoms with Crippen LogP contribution in [0.3, 0.4) is 0 Å². The lowest BCUT2D eigenvalue weighted by Crippen LogP contribution is -2.20. The molecular weight excluding hydrogens is 346 g/mol. The summed E-state index contributed by atoms with van der Waals surface area (Å²) < 4.78 is 16.2. The van der Waals surface area contributed by atoms with Crippen molar-refractivity contribution in [3.63, 3.8) is 0 Å². The van der Waals surface area contributed by atoms with Crippen LogP contribution in [0.15, 0.2) is 53.1 Å². The van der Waals surface area contributed by atoms with Gasteiger partial charge in [0.25, 0.3) is 17.7 Å². The first-order valence-electron chi connectivity index (χ1n) is 8.70. The van der Waals surface area contributed by atoms with Gasteiger partial charge in [0.15, 0.2) is 6.61 Å². The smallest absolute Gasteiger partial charge is 0.270 e. The largest absolute Gasteiger partial charge is 0.494 e. The second kappa shape index (κ2) is 8.84. The van der Waals surface area contributed by atoms with Crippen LogP contribution in [-0.2, 0) is 4.79 Å². The van der Waals surface area contributed by atoms with Gasteiger partial charge >= 0.3 is 0 Å². The molecule has 0 radical (unpaired) electrons. The summed E-state index contributed by atoms with van der Waals surface area (Å²) in [7, 11) is 0. The van der Waals surface area contributed by atoms with Gasteiger partial charge in [0.2, 0.25) is 0 Å². The van der Waals surface area contributed by atoms with Crippen molar-refractivity contribution in [2.45, 2.75) is 20.3 Å². The number of hydrogen-bond acceptors (Lipinski definition) is 6. The number of nitrogens with one attached hydrogen (secondary N) is 1. The minimum atomic E-state index is -0.368. The Morgan fingerprint density at radius 3 is 2.67 bits per heavy atom. The Balaban J connectivity index is 1.54. The molecule has 140 valence electrons. The first kappa shape index (κ1) is 18.4. The topological polar surface area (TPSA) is 86.5 Å². The van der Waals surface area contributed by atoms with E-state index in [0.29, 0.717) is 18.2 Å². The summed E-state index contributed by atoms with van der Waals surface area (Å²) in [6.45, 7) is 4.53. The average molecular weight is 367 g/mol. The number of ether oxygens (including phenoxy) is 2. The monoisotopic (exact) mass is 367 g/mol. The van der Waals surface area contributed by atoms with Gasteiger partial charge in [0.05, 0.1) is 6.61 Å². The molecule has 1 heterocycles. The van der Waals surface area contributed by atoms with Crippen LogP contribution in [0, 0.1) is 6.92 Å². The number of rotatable bonds is 8. The fourth-order valence-electron chi connectivity index (χ4n) is 2.32. The zero-order valence-corrected chi connectivity index (χ0v) is 15.3. The molecule has 0 bridgehead atoms.